The molecule has 2 aromatic rings. The second kappa shape index (κ2) is 21.8. The first-order valence-corrected chi connectivity index (χ1v) is 19.9. The van der Waals surface area contributed by atoms with Crippen LogP contribution in [0.15, 0.2) is 18.6 Å². The number of carbonyl (C=O) groups excluding carboxylic acids is 4. The molecule has 61 heavy (non-hydrogen) atoms. The van der Waals surface area contributed by atoms with Gasteiger partial charge in [-0.1, -0.05) is 6.92 Å². The van der Waals surface area contributed by atoms with Crippen LogP contribution in [0.3, 0.4) is 0 Å². The number of carbonyl (C=O) groups is 4. The lowest BCUT2D eigenvalue weighted by Gasteiger charge is -2.47. The number of nitrogens with zero attached hydrogens (tertiary/aromatic N) is 6. The van der Waals surface area contributed by atoms with Gasteiger partial charge < -0.3 is 74.0 Å². The molecule has 2 aromatic heterocycles. The molecule has 3 amide bonds. The second-order valence-corrected chi connectivity index (χ2v) is 15.1. The quantitative estimate of drug-likeness (QED) is 0.0748. The monoisotopic (exact) mass is 864 g/mol. The number of unbranched alkanes of at least 4 members (excludes halogenated alkanes) is 1. The molecule has 12 atom stereocenters. The largest absolute Gasteiger partial charge is 0.510 e. The molecule has 0 bridgehead atoms. The Morgan fingerprint density at radius 1 is 1.03 bits per heavy atom. The fourth-order valence-electron chi connectivity index (χ4n) is 7.75. The topological polar surface area (TPSA) is 299 Å². The first-order chi connectivity index (χ1) is 29.2. The van der Waals surface area contributed by atoms with Crippen LogP contribution in [0, 0.1) is 17.2 Å². The summed E-state index contributed by atoms with van der Waals surface area (Å²) in [6.07, 6.45) is -9.86. The minimum absolute atomic E-state index is 0.0344. The molecular formula is C38H56N8O15. The van der Waals surface area contributed by atoms with Gasteiger partial charge in [0.2, 0.25) is 11.8 Å². The van der Waals surface area contributed by atoms with Crippen molar-refractivity contribution in [1.29, 1.82) is 5.26 Å². The Hall–Kier alpha value is -4.77. The van der Waals surface area contributed by atoms with Crippen molar-refractivity contribution < 1.29 is 72.8 Å². The number of nitrogens with one attached hydrogen (secondary N) is 2. The van der Waals surface area contributed by atoms with Crippen LogP contribution in [0.25, 0.3) is 11.0 Å². The molecule has 3 saturated heterocycles. The molecule has 5 heterocycles. The van der Waals surface area contributed by atoms with Gasteiger partial charge in [0, 0.05) is 54.0 Å². The molecule has 0 radical (unpaired) electrons. The van der Waals surface area contributed by atoms with E-state index in [1.165, 1.54) is 27.5 Å². The molecular weight excluding hydrogens is 808 g/mol. The average Bonchev–Trinajstić information content (AvgIpc) is 3.67. The van der Waals surface area contributed by atoms with Crippen molar-refractivity contribution in [2.75, 3.05) is 59.0 Å². The molecule has 23 nitrogen and oxygen atoms in total. The van der Waals surface area contributed by atoms with E-state index in [4.69, 9.17) is 38.4 Å². The number of likely N-dealkylation sites (tertiary alicyclic amines) is 1. The molecule has 3 fully saturated rings. The molecule has 3 aliphatic heterocycles. The van der Waals surface area contributed by atoms with E-state index < -0.39 is 85.9 Å². The second-order valence-electron chi connectivity index (χ2n) is 15.1. The molecule has 5 unspecified atom stereocenters. The zero-order chi connectivity index (χ0) is 44.4. The predicted molar refractivity (Wildman–Crippen MR) is 208 cm³/mol. The van der Waals surface area contributed by atoms with Gasteiger partial charge in [0.05, 0.1) is 30.7 Å². The maximum Gasteiger partial charge on any atom is 0.510 e. The normalized spacial score (nSPS) is 30.3. The van der Waals surface area contributed by atoms with Crippen molar-refractivity contribution >= 4 is 40.7 Å². The van der Waals surface area contributed by atoms with Gasteiger partial charge in [-0.15, -0.1) is 0 Å². The van der Waals surface area contributed by atoms with Crippen LogP contribution in [-0.4, -0.2) is 185 Å². The van der Waals surface area contributed by atoms with Gasteiger partial charge in [0.1, 0.15) is 66.9 Å². The van der Waals surface area contributed by atoms with Gasteiger partial charge in [0.25, 0.3) is 5.91 Å². The van der Waals surface area contributed by atoms with Crippen molar-refractivity contribution in [2.45, 2.75) is 114 Å². The van der Waals surface area contributed by atoms with Crippen molar-refractivity contribution in [3.8, 4) is 6.07 Å². The molecule has 0 aromatic carbocycles. The fraction of sp³-hybridized carbons (Fsp3) is 0.711. The van der Waals surface area contributed by atoms with Crippen molar-refractivity contribution in [3.05, 3.63) is 18.6 Å². The summed E-state index contributed by atoms with van der Waals surface area (Å²) in [6, 6.07) is 2.54. The van der Waals surface area contributed by atoms with Crippen LogP contribution in [0.1, 0.15) is 39.5 Å². The summed E-state index contributed by atoms with van der Waals surface area (Å²) in [5, 5.41) is 57.4. The van der Waals surface area contributed by atoms with E-state index >= 15 is 0 Å². The Kier molecular flexibility index (Phi) is 16.9. The number of nitriles is 1. The SMILES string of the molecule is CO[C@@H]1OC(CO)[C@@H](O)C(O[C@@H]2OC(C(=O)NCCCCOC(=O)OCn3ccc4c(N(C)[C@H]5CN(C(=O)CC#N)CC[C@H]5C)ncnc43)[C@@H](OC)C(O)[C@@H]2O)C1NC(C)=O. The summed E-state index contributed by atoms with van der Waals surface area (Å²) >= 11 is 0. The Balaban J connectivity index is 1.08. The third kappa shape index (κ3) is 11.2. The highest BCUT2D eigenvalue weighted by molar-refractivity contribution is 5.88. The zero-order valence-corrected chi connectivity index (χ0v) is 34.7. The molecule has 0 saturated carbocycles. The molecule has 3 aliphatic rings. The van der Waals surface area contributed by atoms with E-state index in [1.54, 1.807) is 15.7 Å². The Bertz CT molecular complexity index is 1850. The number of rotatable bonds is 17. The predicted octanol–water partition coefficient (Wildman–Crippen LogP) is -1.90. The van der Waals surface area contributed by atoms with E-state index in [9.17, 15) is 39.6 Å². The number of fused-ring (bicyclic) bond motifs is 1. The Morgan fingerprint density at radius 2 is 1.80 bits per heavy atom. The van der Waals surface area contributed by atoms with Gasteiger partial charge in [-0.3, -0.25) is 19.0 Å². The summed E-state index contributed by atoms with van der Waals surface area (Å²) in [4.78, 5) is 62.8. The van der Waals surface area contributed by atoms with Crippen LogP contribution in [0.4, 0.5) is 10.6 Å². The van der Waals surface area contributed by atoms with E-state index in [0.29, 0.717) is 42.8 Å². The summed E-state index contributed by atoms with van der Waals surface area (Å²) < 4.78 is 39.9. The van der Waals surface area contributed by atoms with Crippen LogP contribution < -0.4 is 15.5 Å². The number of aliphatic hydroxyl groups excluding tert-OH is 4. The number of hydrogen-bond donors (Lipinski definition) is 6. The van der Waals surface area contributed by atoms with E-state index in [0.717, 1.165) is 6.42 Å². The number of anilines is 1. The maximum absolute atomic E-state index is 13.3. The van der Waals surface area contributed by atoms with Gasteiger partial charge in [0.15, 0.2) is 25.4 Å². The Morgan fingerprint density at radius 3 is 2.49 bits per heavy atom. The highest BCUT2D eigenvalue weighted by Crippen LogP contribution is 2.32. The Labute approximate surface area is 351 Å². The lowest BCUT2D eigenvalue weighted by atomic mass is 9.92. The summed E-state index contributed by atoms with van der Waals surface area (Å²) in [6.45, 7) is 3.59. The smallest absolute Gasteiger partial charge is 0.434 e. The standard InChI is InChI=1S/C38H56N8O15/c1-20-9-13-45(25(49)8-11-39)16-23(20)44(3)33-22-10-14-46(34(22)42-18-41-33)19-58-38(54)57-15-7-6-12-40-35(53)32-31(55-4)28(51)29(52)37(61-32)60-30-26(43-21(2)48)36(56-5)59-24(17-47)27(30)50/h10,14,18,20,23-24,26-32,36-37,47,50-52H,6-9,12-13,15-17,19H2,1-5H3,(H,40,53)(H,43,48)/t20-,23+,24?,26?,27-,28?,29+,30?,31+,32?,36-,37-/m1/s1. The van der Waals surface area contributed by atoms with Gasteiger partial charge >= 0.3 is 6.16 Å². The molecule has 6 N–H and O–H groups in total. The molecule has 23 heteroatoms. The van der Waals surface area contributed by atoms with Crippen molar-refractivity contribution in [2.24, 2.45) is 5.92 Å². The number of aliphatic hydroxyl groups is 4. The summed E-state index contributed by atoms with van der Waals surface area (Å²) in [5.74, 6) is -0.560. The summed E-state index contributed by atoms with van der Waals surface area (Å²) in [5.41, 5.74) is 0.518. The van der Waals surface area contributed by atoms with Crippen LogP contribution in [0.5, 0.6) is 0 Å². The third-order valence-corrected chi connectivity index (χ3v) is 11.1. The molecule has 0 spiro atoms. The minimum atomic E-state index is -1.77. The van der Waals surface area contributed by atoms with Gasteiger partial charge in [-0.2, -0.15) is 5.26 Å². The van der Waals surface area contributed by atoms with E-state index in [2.05, 4.69) is 27.5 Å². The van der Waals surface area contributed by atoms with Crippen LogP contribution >= 0.6 is 0 Å². The van der Waals surface area contributed by atoms with E-state index in [1.807, 2.05) is 24.1 Å². The lowest BCUT2D eigenvalue weighted by Crippen LogP contribution is -2.68. The molecule has 0 aliphatic carbocycles. The molecule has 5 rings (SSSR count). The van der Waals surface area contributed by atoms with Gasteiger partial charge in [-0.05, 0) is 31.2 Å². The average molecular weight is 865 g/mol. The number of ether oxygens (including phenoxy) is 7. The number of methoxy groups -OCH3 is 2. The number of aromatic nitrogens is 3. The van der Waals surface area contributed by atoms with E-state index in [-0.39, 0.29) is 44.2 Å². The highest BCUT2D eigenvalue weighted by atomic mass is 16.7. The van der Waals surface area contributed by atoms with Crippen molar-refractivity contribution in [1.82, 2.24) is 30.1 Å². The summed E-state index contributed by atoms with van der Waals surface area (Å²) in [7, 11) is 4.39. The minimum Gasteiger partial charge on any atom is -0.434 e. The number of hydrogen-bond acceptors (Lipinski definition) is 19. The maximum atomic E-state index is 13.3. The molecule has 338 valence electrons. The number of amides is 3. The number of likely N-dealkylation sites (N-methyl/N-ethyl adjacent to an activating group) is 1. The number of piperidine rings is 1. The fourth-order valence-corrected chi connectivity index (χ4v) is 7.75. The highest BCUT2D eigenvalue weighted by Gasteiger charge is 2.53. The third-order valence-electron chi connectivity index (χ3n) is 11.1. The zero-order valence-electron chi connectivity index (χ0n) is 34.7. The van der Waals surface area contributed by atoms with Gasteiger partial charge in [-0.25, -0.2) is 14.8 Å². The van der Waals surface area contributed by atoms with Crippen LogP contribution in [-0.2, 0) is 54.3 Å². The first kappa shape index (κ1) is 47.3. The van der Waals surface area contributed by atoms with Crippen molar-refractivity contribution in [3.63, 3.8) is 0 Å². The van der Waals surface area contributed by atoms with Crippen LogP contribution in [0.2, 0.25) is 0 Å². The first-order valence-electron chi connectivity index (χ1n) is 19.9. The lowest BCUT2D eigenvalue weighted by molar-refractivity contribution is -0.338.